The van der Waals surface area contributed by atoms with Gasteiger partial charge in [0.05, 0.1) is 6.10 Å². The zero-order valence-corrected chi connectivity index (χ0v) is 10.8. The Kier molecular flexibility index (Phi) is 3.26. The van der Waals surface area contributed by atoms with Crippen LogP contribution in [0.3, 0.4) is 0 Å². The predicted octanol–water partition coefficient (Wildman–Crippen LogP) is 3.73. The number of hydrogen-bond acceptors (Lipinski definition) is 1. The molecule has 0 saturated heterocycles. The molecule has 0 spiro atoms. The van der Waals surface area contributed by atoms with Crippen molar-refractivity contribution in [3.05, 3.63) is 35.6 Å². The molecule has 0 heterocycles. The van der Waals surface area contributed by atoms with Crippen LogP contribution in [0, 0.1) is 17.2 Å². The lowest BCUT2D eigenvalue weighted by atomic mass is 9.48. The molecule has 1 saturated carbocycles. The van der Waals surface area contributed by atoms with Crippen molar-refractivity contribution in [2.45, 2.75) is 45.6 Å². The monoisotopic (exact) mass is 236 g/mol. The normalized spacial score (nSPS) is 31.0. The van der Waals surface area contributed by atoms with E-state index in [1.165, 1.54) is 6.07 Å². The first-order valence-electron chi connectivity index (χ1n) is 6.51. The fourth-order valence-electron chi connectivity index (χ4n) is 3.72. The number of benzene rings is 1. The van der Waals surface area contributed by atoms with Gasteiger partial charge in [0.1, 0.15) is 5.82 Å². The minimum absolute atomic E-state index is 0.137. The van der Waals surface area contributed by atoms with Gasteiger partial charge in [-0.2, -0.15) is 0 Å². The van der Waals surface area contributed by atoms with Crippen LogP contribution in [0.15, 0.2) is 24.3 Å². The van der Waals surface area contributed by atoms with E-state index in [1.807, 2.05) is 19.1 Å². The molecule has 2 heteroatoms. The Labute approximate surface area is 103 Å². The molecular weight excluding hydrogens is 215 g/mol. The second-order valence-corrected chi connectivity index (χ2v) is 5.24. The topological polar surface area (TPSA) is 20.2 Å². The van der Waals surface area contributed by atoms with Gasteiger partial charge in [0, 0.05) is 5.41 Å². The molecule has 1 aromatic carbocycles. The van der Waals surface area contributed by atoms with Crippen LogP contribution < -0.4 is 0 Å². The molecule has 1 aromatic rings. The summed E-state index contributed by atoms with van der Waals surface area (Å²) in [5, 5.41) is 10.2. The Morgan fingerprint density at radius 2 is 1.82 bits per heavy atom. The van der Waals surface area contributed by atoms with Crippen LogP contribution in [-0.4, -0.2) is 11.2 Å². The van der Waals surface area contributed by atoms with E-state index in [0.29, 0.717) is 0 Å². The van der Waals surface area contributed by atoms with Crippen LogP contribution in [0.4, 0.5) is 4.39 Å². The first-order chi connectivity index (χ1) is 8.08. The largest absolute Gasteiger partial charge is 0.392 e. The van der Waals surface area contributed by atoms with Gasteiger partial charge in [-0.15, -0.1) is 0 Å². The molecule has 3 unspecified atom stereocenters. The van der Waals surface area contributed by atoms with Gasteiger partial charge in [-0.1, -0.05) is 39.0 Å². The van der Waals surface area contributed by atoms with Crippen LogP contribution in [0.25, 0.3) is 0 Å². The average Bonchev–Trinajstić information content (AvgIpc) is 2.36. The lowest BCUT2D eigenvalue weighted by Crippen LogP contribution is -2.57. The highest BCUT2D eigenvalue weighted by Gasteiger charge is 2.58. The Bertz CT molecular complexity index is 398. The van der Waals surface area contributed by atoms with Crippen LogP contribution in [0.2, 0.25) is 0 Å². The first-order valence-corrected chi connectivity index (χ1v) is 6.51. The van der Waals surface area contributed by atoms with E-state index in [2.05, 4.69) is 13.8 Å². The minimum Gasteiger partial charge on any atom is -0.392 e. The average molecular weight is 236 g/mol. The van der Waals surface area contributed by atoms with Crippen molar-refractivity contribution in [1.82, 2.24) is 0 Å². The summed E-state index contributed by atoms with van der Waals surface area (Å²) in [4.78, 5) is 0. The third kappa shape index (κ3) is 1.61. The van der Waals surface area contributed by atoms with E-state index in [4.69, 9.17) is 0 Å². The van der Waals surface area contributed by atoms with Gasteiger partial charge in [-0.05, 0) is 36.3 Å². The molecular formula is C15H21FO. The summed E-state index contributed by atoms with van der Waals surface area (Å²) in [7, 11) is 0. The lowest BCUT2D eigenvalue weighted by Gasteiger charge is -2.58. The maximum atomic E-state index is 13.9. The zero-order chi connectivity index (χ0) is 12.6. The Morgan fingerprint density at radius 3 is 2.35 bits per heavy atom. The molecule has 0 aromatic heterocycles. The molecule has 1 fully saturated rings. The zero-order valence-electron chi connectivity index (χ0n) is 10.8. The molecule has 0 bridgehead atoms. The highest BCUT2D eigenvalue weighted by atomic mass is 19.1. The second-order valence-electron chi connectivity index (χ2n) is 5.24. The van der Waals surface area contributed by atoms with Gasteiger partial charge in [-0.25, -0.2) is 4.39 Å². The molecule has 2 rings (SSSR count). The van der Waals surface area contributed by atoms with E-state index in [0.717, 1.165) is 18.4 Å². The van der Waals surface area contributed by atoms with Crippen LogP contribution in [-0.2, 0) is 0 Å². The molecule has 3 atom stereocenters. The fraction of sp³-hybridized carbons (Fsp3) is 0.600. The van der Waals surface area contributed by atoms with Crippen molar-refractivity contribution in [3.63, 3.8) is 0 Å². The number of rotatable bonds is 3. The van der Waals surface area contributed by atoms with Gasteiger partial charge >= 0.3 is 0 Å². The van der Waals surface area contributed by atoms with Crippen LogP contribution >= 0.6 is 0 Å². The SMILES string of the molecule is CCC1(CC)C(O)C(C)C1c1ccccc1F. The van der Waals surface area contributed by atoms with Gasteiger partial charge in [0.25, 0.3) is 0 Å². The summed E-state index contributed by atoms with van der Waals surface area (Å²) in [6, 6.07) is 6.98. The molecule has 1 aliphatic carbocycles. The second kappa shape index (κ2) is 4.41. The summed E-state index contributed by atoms with van der Waals surface area (Å²) in [5.41, 5.74) is 0.635. The maximum absolute atomic E-state index is 13.9. The third-order valence-electron chi connectivity index (χ3n) is 4.79. The minimum atomic E-state index is -0.304. The standard InChI is InChI=1S/C15H21FO/c1-4-15(5-2)13(10(3)14(15)17)11-8-6-7-9-12(11)16/h6-10,13-14,17H,4-5H2,1-3H3. The van der Waals surface area contributed by atoms with Gasteiger partial charge in [0.2, 0.25) is 0 Å². The maximum Gasteiger partial charge on any atom is 0.126 e. The fourth-order valence-corrected chi connectivity index (χ4v) is 3.72. The summed E-state index contributed by atoms with van der Waals surface area (Å²) >= 11 is 0. The Balaban J connectivity index is 2.41. The smallest absolute Gasteiger partial charge is 0.126 e. The predicted molar refractivity (Wildman–Crippen MR) is 67.3 cm³/mol. The summed E-state index contributed by atoms with van der Waals surface area (Å²) in [5.74, 6) is 0.156. The Morgan fingerprint density at radius 1 is 1.24 bits per heavy atom. The first kappa shape index (κ1) is 12.6. The molecule has 0 radical (unpaired) electrons. The molecule has 1 nitrogen and oxygen atoms in total. The number of hydrogen-bond donors (Lipinski definition) is 1. The van der Waals surface area contributed by atoms with Crippen LogP contribution in [0.1, 0.15) is 45.1 Å². The van der Waals surface area contributed by atoms with Crippen molar-refractivity contribution < 1.29 is 9.50 Å². The lowest BCUT2D eigenvalue weighted by molar-refractivity contribution is -0.143. The third-order valence-corrected chi connectivity index (χ3v) is 4.79. The number of aliphatic hydroxyl groups is 1. The van der Waals surface area contributed by atoms with E-state index in [-0.39, 0.29) is 29.2 Å². The molecule has 17 heavy (non-hydrogen) atoms. The van der Waals surface area contributed by atoms with E-state index >= 15 is 0 Å². The molecule has 94 valence electrons. The van der Waals surface area contributed by atoms with Crippen molar-refractivity contribution >= 4 is 0 Å². The van der Waals surface area contributed by atoms with Gasteiger partial charge < -0.3 is 5.11 Å². The van der Waals surface area contributed by atoms with E-state index in [1.54, 1.807) is 6.07 Å². The molecule has 0 aliphatic heterocycles. The number of halogens is 1. The van der Waals surface area contributed by atoms with Crippen molar-refractivity contribution in [1.29, 1.82) is 0 Å². The summed E-state index contributed by atoms with van der Waals surface area (Å²) in [6.45, 7) is 6.20. The molecule has 1 aliphatic rings. The summed E-state index contributed by atoms with van der Waals surface area (Å²) in [6.07, 6.45) is 1.49. The molecule has 0 amide bonds. The highest BCUT2D eigenvalue weighted by molar-refractivity contribution is 5.30. The number of aliphatic hydroxyl groups excluding tert-OH is 1. The Hall–Kier alpha value is -0.890. The quantitative estimate of drug-likeness (QED) is 0.848. The van der Waals surface area contributed by atoms with Gasteiger partial charge in [0.15, 0.2) is 0 Å². The highest BCUT2D eigenvalue weighted by Crippen LogP contribution is 2.60. The molecule has 1 N–H and O–H groups in total. The van der Waals surface area contributed by atoms with E-state index < -0.39 is 0 Å². The van der Waals surface area contributed by atoms with Crippen LogP contribution in [0.5, 0.6) is 0 Å². The van der Waals surface area contributed by atoms with Gasteiger partial charge in [-0.3, -0.25) is 0 Å². The van der Waals surface area contributed by atoms with E-state index in [9.17, 15) is 9.50 Å². The van der Waals surface area contributed by atoms with Crippen molar-refractivity contribution in [3.8, 4) is 0 Å². The van der Waals surface area contributed by atoms with Crippen molar-refractivity contribution in [2.24, 2.45) is 11.3 Å². The summed E-state index contributed by atoms with van der Waals surface area (Å²) < 4.78 is 13.9. The van der Waals surface area contributed by atoms with Crippen molar-refractivity contribution in [2.75, 3.05) is 0 Å².